The van der Waals surface area contributed by atoms with Gasteiger partial charge in [0.25, 0.3) is 0 Å². The lowest BCUT2D eigenvalue weighted by atomic mass is 9.97. The van der Waals surface area contributed by atoms with Gasteiger partial charge in [0.05, 0.1) is 33.8 Å². The molecule has 0 amide bonds. The molecule has 60 heavy (non-hydrogen) atoms. The van der Waals surface area contributed by atoms with E-state index in [9.17, 15) is 0 Å². The van der Waals surface area contributed by atoms with Crippen molar-refractivity contribution in [2.24, 2.45) is 0 Å². The molecule has 286 valence electrons. The molecule has 0 fully saturated rings. The Labute approximate surface area is 350 Å². The average Bonchev–Trinajstić information content (AvgIpc) is 3.80. The van der Waals surface area contributed by atoms with Crippen molar-refractivity contribution in [3.8, 4) is 55.9 Å². The van der Waals surface area contributed by atoms with Crippen LogP contribution in [0.2, 0.25) is 0 Å². The van der Waals surface area contributed by atoms with Gasteiger partial charge in [-0.1, -0.05) is 156 Å². The lowest BCUT2D eigenvalue weighted by Gasteiger charge is -2.15. The minimum absolute atomic E-state index is 0.993. The van der Waals surface area contributed by atoms with E-state index in [-0.39, 0.29) is 0 Å². The molecule has 3 heterocycles. The Balaban J connectivity index is 1.23. The predicted octanol–water partition coefficient (Wildman–Crippen LogP) is 15.2. The Kier molecular flexibility index (Phi) is 8.38. The second kappa shape index (κ2) is 14.1. The highest BCUT2D eigenvalue weighted by Crippen LogP contribution is 2.43. The van der Waals surface area contributed by atoms with Crippen molar-refractivity contribution in [1.82, 2.24) is 14.1 Å². The zero-order valence-corrected chi connectivity index (χ0v) is 34.2. The minimum atomic E-state index is 0.993. The molecule has 0 spiro atoms. The Morgan fingerprint density at radius 1 is 0.333 bits per heavy atom. The summed E-state index contributed by atoms with van der Waals surface area (Å²) in [6.45, 7) is 8.58. The fourth-order valence-corrected chi connectivity index (χ4v) is 9.02. The number of nitrogens with zero attached hydrogens (tertiary/aromatic N) is 3. The monoisotopic (exact) mass is 769 g/mol. The molecular weight excluding hydrogens is 727 g/mol. The van der Waals surface area contributed by atoms with E-state index >= 15 is 0 Å². The second-order valence-electron chi connectivity index (χ2n) is 16.4. The van der Waals surface area contributed by atoms with E-state index in [1.54, 1.807) is 0 Å². The van der Waals surface area contributed by atoms with Crippen LogP contribution in [0, 0.1) is 27.7 Å². The summed E-state index contributed by atoms with van der Waals surface area (Å²) in [5.74, 6) is 0. The summed E-state index contributed by atoms with van der Waals surface area (Å²) in [4.78, 5) is 5.38. The van der Waals surface area contributed by atoms with E-state index in [4.69, 9.17) is 4.98 Å². The summed E-state index contributed by atoms with van der Waals surface area (Å²) in [6, 6.07) is 67.1. The first-order valence-electron chi connectivity index (χ1n) is 20.8. The third-order valence-electron chi connectivity index (χ3n) is 12.2. The van der Waals surface area contributed by atoms with Gasteiger partial charge < -0.3 is 9.13 Å². The number of hydrogen-bond acceptors (Lipinski definition) is 1. The van der Waals surface area contributed by atoms with E-state index in [1.807, 2.05) is 0 Å². The number of fused-ring (bicyclic) bond motifs is 7. The van der Waals surface area contributed by atoms with Gasteiger partial charge in [0.15, 0.2) is 0 Å². The normalized spacial score (nSPS) is 11.7. The lowest BCUT2D eigenvalue weighted by molar-refractivity contribution is 1.16. The number of aromatic nitrogens is 3. The van der Waals surface area contributed by atoms with Gasteiger partial charge in [0.1, 0.15) is 0 Å². The number of pyridine rings is 1. The summed E-state index contributed by atoms with van der Waals surface area (Å²) in [5, 5.41) is 3.50. The molecule has 0 unspecified atom stereocenters. The van der Waals surface area contributed by atoms with Crippen molar-refractivity contribution < 1.29 is 0 Å². The van der Waals surface area contributed by atoms with Crippen molar-refractivity contribution in [3.63, 3.8) is 0 Å². The fourth-order valence-electron chi connectivity index (χ4n) is 9.02. The lowest BCUT2D eigenvalue weighted by Crippen LogP contribution is -1.98. The molecule has 0 bridgehead atoms. The molecule has 0 aliphatic carbocycles. The Morgan fingerprint density at radius 2 is 0.700 bits per heavy atom. The number of aryl methyl sites for hydroxylation is 4. The molecule has 0 saturated carbocycles. The first-order chi connectivity index (χ1) is 29.4. The summed E-state index contributed by atoms with van der Waals surface area (Å²) >= 11 is 0. The van der Waals surface area contributed by atoms with Crippen LogP contribution in [0.1, 0.15) is 22.3 Å². The molecule has 11 rings (SSSR count). The first kappa shape index (κ1) is 35.7. The molecule has 0 aliphatic heterocycles. The van der Waals surface area contributed by atoms with Crippen molar-refractivity contribution in [1.29, 1.82) is 0 Å². The maximum Gasteiger partial charge on any atom is 0.0971 e. The molecule has 3 heteroatoms. The third kappa shape index (κ3) is 6.01. The van der Waals surface area contributed by atoms with Crippen LogP contribution in [0.4, 0.5) is 0 Å². The van der Waals surface area contributed by atoms with Crippen molar-refractivity contribution in [2.45, 2.75) is 27.7 Å². The van der Waals surface area contributed by atoms with Crippen LogP contribution in [0.15, 0.2) is 188 Å². The summed E-state index contributed by atoms with van der Waals surface area (Å²) < 4.78 is 4.89. The highest BCUT2D eigenvalue weighted by Gasteiger charge is 2.23. The molecule has 0 aliphatic rings. The largest absolute Gasteiger partial charge is 0.308 e. The minimum Gasteiger partial charge on any atom is -0.308 e. The molecule has 3 aromatic heterocycles. The van der Waals surface area contributed by atoms with Gasteiger partial charge in [-0.2, -0.15) is 0 Å². The van der Waals surface area contributed by atoms with Crippen LogP contribution < -0.4 is 0 Å². The number of benzene rings is 8. The van der Waals surface area contributed by atoms with Crippen molar-refractivity contribution >= 4 is 43.7 Å². The fraction of sp³-hybridized carbons (Fsp3) is 0.0702. The summed E-state index contributed by atoms with van der Waals surface area (Å²) in [6.07, 6.45) is 2.10. The first-order valence-corrected chi connectivity index (χ1v) is 20.8. The van der Waals surface area contributed by atoms with Crippen LogP contribution in [-0.4, -0.2) is 14.1 Å². The zero-order chi connectivity index (χ0) is 40.5. The second-order valence-corrected chi connectivity index (χ2v) is 16.4. The number of para-hydroxylation sites is 2. The standard InChI is InChI=1S/C57H43N3/c1-36-13-21-40(22-14-36)44-29-45(41-23-15-37(2)16-24-41)32-48(31-44)59-52-11-7-5-9-50(52)55-54(59)35-58-56-51-10-6-8-12-53(51)60(57(55)56)49-33-46(42-25-17-38(3)18-26-42)30-47(34-49)43-27-19-39(4)20-28-43/h5-35H,1-4H3. The van der Waals surface area contributed by atoms with E-state index in [0.717, 1.165) is 44.3 Å². The van der Waals surface area contributed by atoms with E-state index in [2.05, 4.69) is 225 Å². The molecule has 0 atom stereocenters. The molecule has 0 N–H and O–H groups in total. The maximum atomic E-state index is 5.38. The zero-order valence-electron chi connectivity index (χ0n) is 34.2. The van der Waals surface area contributed by atoms with Gasteiger partial charge in [-0.3, -0.25) is 4.98 Å². The van der Waals surface area contributed by atoms with Crippen molar-refractivity contribution in [2.75, 3.05) is 0 Å². The van der Waals surface area contributed by atoms with Gasteiger partial charge in [0.2, 0.25) is 0 Å². The van der Waals surface area contributed by atoms with E-state index in [1.165, 1.54) is 77.5 Å². The van der Waals surface area contributed by atoms with Gasteiger partial charge in [-0.15, -0.1) is 0 Å². The molecule has 3 nitrogen and oxygen atoms in total. The Morgan fingerprint density at radius 3 is 1.13 bits per heavy atom. The van der Waals surface area contributed by atoms with Crippen LogP contribution >= 0.6 is 0 Å². The summed E-state index contributed by atoms with van der Waals surface area (Å²) in [5.41, 5.74) is 22.1. The average molecular weight is 770 g/mol. The van der Waals surface area contributed by atoms with Gasteiger partial charge in [-0.05, 0) is 121 Å². The van der Waals surface area contributed by atoms with Crippen LogP contribution in [0.25, 0.3) is 99.6 Å². The molecule has 11 aromatic rings. The van der Waals surface area contributed by atoms with Gasteiger partial charge in [-0.25, -0.2) is 0 Å². The highest BCUT2D eigenvalue weighted by molar-refractivity contribution is 6.24. The topological polar surface area (TPSA) is 22.8 Å². The molecular formula is C57H43N3. The third-order valence-corrected chi connectivity index (χ3v) is 12.2. The molecule has 0 radical (unpaired) electrons. The predicted molar refractivity (Wildman–Crippen MR) is 254 cm³/mol. The molecule has 0 saturated heterocycles. The smallest absolute Gasteiger partial charge is 0.0971 e. The number of rotatable bonds is 6. The summed E-state index contributed by atoms with van der Waals surface area (Å²) in [7, 11) is 0. The van der Waals surface area contributed by atoms with Crippen LogP contribution in [0.3, 0.4) is 0 Å². The van der Waals surface area contributed by atoms with E-state index < -0.39 is 0 Å². The van der Waals surface area contributed by atoms with Crippen LogP contribution in [0.5, 0.6) is 0 Å². The Bertz CT molecular complexity index is 3290. The number of hydrogen-bond donors (Lipinski definition) is 0. The Hall–Kier alpha value is -7.49. The maximum absolute atomic E-state index is 5.38. The highest BCUT2D eigenvalue weighted by atomic mass is 15.0. The SMILES string of the molecule is Cc1ccc(-c2cc(-c3ccc(C)cc3)cc(-n3c4ccccc4c4c3cnc3c5ccccc5n(-c5cc(-c6ccc(C)cc6)cc(-c6ccc(C)cc6)c5)c34)c2)cc1. The van der Waals surface area contributed by atoms with Crippen LogP contribution in [-0.2, 0) is 0 Å². The quantitative estimate of drug-likeness (QED) is 0.165. The van der Waals surface area contributed by atoms with Crippen molar-refractivity contribution in [3.05, 3.63) is 210 Å². The van der Waals surface area contributed by atoms with E-state index in [0.29, 0.717) is 0 Å². The van der Waals surface area contributed by atoms with Gasteiger partial charge in [0, 0.05) is 27.5 Å². The van der Waals surface area contributed by atoms with Gasteiger partial charge >= 0.3 is 0 Å². The molecule has 8 aromatic carbocycles.